The van der Waals surface area contributed by atoms with Gasteiger partial charge < -0.3 is 10.1 Å². The largest absolute Gasteiger partial charge is 0.487 e. The van der Waals surface area contributed by atoms with Gasteiger partial charge >= 0.3 is 0 Å². The third-order valence-electron chi connectivity index (χ3n) is 4.96. The van der Waals surface area contributed by atoms with Crippen molar-refractivity contribution in [1.82, 2.24) is 25.7 Å². The molecule has 4 aromatic rings. The zero-order valence-electron chi connectivity index (χ0n) is 18.7. The molecule has 0 spiro atoms. The van der Waals surface area contributed by atoms with Crippen LogP contribution in [-0.2, 0) is 19.6 Å². The molecule has 0 saturated carbocycles. The molecule has 1 aromatic heterocycles. The maximum atomic E-state index is 5.83. The lowest BCUT2D eigenvalue weighted by molar-refractivity contribution is 0.301. The van der Waals surface area contributed by atoms with Crippen LogP contribution in [0.25, 0.3) is 0 Å². The molecular weight excluding hydrogens is 444 g/mol. The number of ether oxygens (including phenoxy) is 1. The third kappa shape index (κ3) is 7.53. The second-order valence-corrected chi connectivity index (χ2v) is 8.02. The van der Waals surface area contributed by atoms with E-state index in [1.165, 1.54) is 11.1 Å². The minimum absolute atomic E-state index is 0.354. The Labute approximate surface area is 204 Å². The minimum Gasteiger partial charge on any atom is -0.487 e. The van der Waals surface area contributed by atoms with Crippen molar-refractivity contribution in [2.75, 3.05) is 6.54 Å². The Hall–Kier alpha value is -4.04. The predicted octanol–water partition coefficient (Wildman–Crippen LogP) is 3.95. The summed E-state index contributed by atoms with van der Waals surface area (Å²) in [5.74, 6) is 0.751. The molecule has 0 bridgehead atoms. The fraction of sp³-hybridized carbons (Fsp3) is 0.154. The van der Waals surface area contributed by atoms with Gasteiger partial charge in [0.25, 0.3) is 0 Å². The highest BCUT2D eigenvalue weighted by molar-refractivity contribution is 7.80. The number of hydrazone groups is 1. The van der Waals surface area contributed by atoms with E-state index < -0.39 is 0 Å². The van der Waals surface area contributed by atoms with E-state index in [0.29, 0.717) is 18.3 Å². The summed E-state index contributed by atoms with van der Waals surface area (Å²) in [6, 6.07) is 28.1. The van der Waals surface area contributed by atoms with E-state index in [2.05, 4.69) is 50.4 Å². The van der Waals surface area contributed by atoms with Crippen LogP contribution >= 0.6 is 12.2 Å². The molecule has 3 aromatic carbocycles. The Balaban J connectivity index is 1.17. The molecule has 2 N–H and O–H groups in total. The maximum absolute atomic E-state index is 5.83. The molecule has 0 fully saturated rings. The van der Waals surface area contributed by atoms with Gasteiger partial charge in [-0.15, -0.1) is 5.10 Å². The molecule has 0 saturated heterocycles. The number of nitrogens with zero attached hydrogens (tertiary/aromatic N) is 4. The van der Waals surface area contributed by atoms with Crippen LogP contribution in [0.2, 0.25) is 0 Å². The molecule has 8 heteroatoms. The highest BCUT2D eigenvalue weighted by Gasteiger charge is 2.03. The summed E-state index contributed by atoms with van der Waals surface area (Å²) in [5.41, 5.74) is 6.99. The molecule has 0 aliphatic heterocycles. The molecular formula is C26H26N6OS. The lowest BCUT2D eigenvalue weighted by atomic mass is 10.1. The molecule has 0 unspecified atom stereocenters. The zero-order valence-corrected chi connectivity index (χ0v) is 19.5. The molecule has 0 aliphatic rings. The normalized spacial score (nSPS) is 10.8. The average Bonchev–Trinajstić information content (AvgIpc) is 3.32. The minimum atomic E-state index is 0.354. The van der Waals surface area contributed by atoms with E-state index in [1.807, 2.05) is 71.5 Å². The van der Waals surface area contributed by atoms with Gasteiger partial charge in [-0.05, 0) is 59.6 Å². The van der Waals surface area contributed by atoms with Gasteiger partial charge in [0.2, 0.25) is 0 Å². The molecule has 1 heterocycles. The first-order valence-electron chi connectivity index (χ1n) is 11.0. The van der Waals surface area contributed by atoms with E-state index in [0.717, 1.165) is 30.0 Å². The van der Waals surface area contributed by atoms with Gasteiger partial charge in [0.05, 0.1) is 19.0 Å². The Kier molecular flexibility index (Phi) is 8.35. The molecule has 0 aliphatic carbocycles. The number of aromatic nitrogens is 3. The third-order valence-corrected chi connectivity index (χ3v) is 5.20. The number of nitrogens with one attached hydrogen (secondary N) is 2. The van der Waals surface area contributed by atoms with Crippen LogP contribution < -0.4 is 15.5 Å². The number of hydrogen-bond acceptors (Lipinski definition) is 5. The van der Waals surface area contributed by atoms with Crippen LogP contribution in [0.15, 0.2) is 96.2 Å². The van der Waals surface area contributed by atoms with Gasteiger partial charge in [-0.1, -0.05) is 65.9 Å². The van der Waals surface area contributed by atoms with E-state index in [9.17, 15) is 0 Å². The number of benzene rings is 3. The summed E-state index contributed by atoms with van der Waals surface area (Å²) in [4.78, 5) is 0. The fourth-order valence-corrected chi connectivity index (χ4v) is 3.38. The molecule has 0 atom stereocenters. The van der Waals surface area contributed by atoms with Gasteiger partial charge in [0.15, 0.2) is 5.11 Å². The summed E-state index contributed by atoms with van der Waals surface area (Å²) in [7, 11) is 0. The number of rotatable bonds is 10. The first-order chi connectivity index (χ1) is 16.7. The highest BCUT2D eigenvalue weighted by Crippen LogP contribution is 2.13. The van der Waals surface area contributed by atoms with Crippen LogP contribution in [-0.4, -0.2) is 32.9 Å². The standard InChI is InChI=1S/C26H26N6OS/c34-26(27-16-15-21-7-3-1-4-8-21)30-28-17-22-11-13-25(14-12-22)33-20-24-19-32(31-29-24)18-23-9-5-2-6-10-23/h1-14,17,19H,15-16,18,20H2,(H2,27,30,34)/b28-17+. The van der Waals surface area contributed by atoms with E-state index in [1.54, 1.807) is 6.21 Å². The Morgan fingerprint density at radius 3 is 2.38 bits per heavy atom. The quantitative estimate of drug-likeness (QED) is 0.208. The van der Waals surface area contributed by atoms with Crippen LogP contribution in [0.5, 0.6) is 5.75 Å². The van der Waals surface area contributed by atoms with Gasteiger partial charge in [0, 0.05) is 6.54 Å². The SMILES string of the molecule is S=C(NCCc1ccccc1)N/N=C/c1ccc(OCc2cn(Cc3ccccc3)nn2)cc1. The molecule has 4 rings (SSSR count). The van der Waals surface area contributed by atoms with Crippen LogP contribution in [0, 0.1) is 0 Å². The monoisotopic (exact) mass is 470 g/mol. The maximum Gasteiger partial charge on any atom is 0.186 e. The molecule has 0 radical (unpaired) electrons. The zero-order chi connectivity index (χ0) is 23.4. The van der Waals surface area contributed by atoms with Crippen molar-refractivity contribution in [2.24, 2.45) is 5.10 Å². The van der Waals surface area contributed by atoms with Crippen molar-refractivity contribution in [3.05, 3.63) is 114 Å². The van der Waals surface area contributed by atoms with Gasteiger partial charge in [-0.25, -0.2) is 4.68 Å². The van der Waals surface area contributed by atoms with Gasteiger partial charge in [0.1, 0.15) is 18.1 Å². The summed E-state index contributed by atoms with van der Waals surface area (Å²) >= 11 is 5.26. The smallest absolute Gasteiger partial charge is 0.186 e. The Bertz CT molecular complexity index is 1190. The van der Waals surface area contributed by atoms with Crippen LogP contribution in [0.3, 0.4) is 0 Å². The van der Waals surface area contributed by atoms with E-state index in [-0.39, 0.29) is 0 Å². The molecule has 7 nitrogen and oxygen atoms in total. The van der Waals surface area contributed by atoms with Crippen molar-refractivity contribution in [3.63, 3.8) is 0 Å². The summed E-state index contributed by atoms with van der Waals surface area (Å²) < 4.78 is 7.63. The van der Waals surface area contributed by atoms with Crippen LogP contribution in [0.1, 0.15) is 22.4 Å². The lowest BCUT2D eigenvalue weighted by Crippen LogP contribution is -2.33. The van der Waals surface area contributed by atoms with Crippen molar-refractivity contribution < 1.29 is 4.74 Å². The molecule has 172 valence electrons. The number of thiocarbonyl (C=S) groups is 1. The summed E-state index contributed by atoms with van der Waals surface area (Å²) in [5, 5.41) is 16.2. The van der Waals surface area contributed by atoms with Crippen molar-refractivity contribution in [2.45, 2.75) is 19.6 Å². The lowest BCUT2D eigenvalue weighted by Gasteiger charge is -2.07. The second kappa shape index (κ2) is 12.3. The van der Waals surface area contributed by atoms with E-state index >= 15 is 0 Å². The average molecular weight is 471 g/mol. The van der Waals surface area contributed by atoms with Gasteiger partial charge in [-0.2, -0.15) is 5.10 Å². The fourth-order valence-electron chi connectivity index (χ4n) is 3.23. The van der Waals surface area contributed by atoms with Crippen molar-refractivity contribution in [1.29, 1.82) is 0 Å². The number of hydrogen-bond donors (Lipinski definition) is 2. The Morgan fingerprint density at radius 2 is 1.65 bits per heavy atom. The van der Waals surface area contributed by atoms with Crippen molar-refractivity contribution >= 4 is 23.5 Å². The van der Waals surface area contributed by atoms with E-state index in [4.69, 9.17) is 17.0 Å². The highest BCUT2D eigenvalue weighted by atomic mass is 32.1. The first-order valence-corrected chi connectivity index (χ1v) is 11.4. The molecule has 34 heavy (non-hydrogen) atoms. The second-order valence-electron chi connectivity index (χ2n) is 7.61. The first kappa shape index (κ1) is 23.1. The predicted molar refractivity (Wildman–Crippen MR) is 138 cm³/mol. The van der Waals surface area contributed by atoms with Gasteiger partial charge in [-0.3, -0.25) is 5.43 Å². The summed E-state index contributed by atoms with van der Waals surface area (Å²) in [6.45, 7) is 1.78. The topological polar surface area (TPSA) is 76.4 Å². The van der Waals surface area contributed by atoms with Crippen molar-refractivity contribution in [3.8, 4) is 5.75 Å². The summed E-state index contributed by atoms with van der Waals surface area (Å²) in [6.07, 6.45) is 4.51. The Morgan fingerprint density at radius 1 is 0.941 bits per heavy atom. The molecule has 0 amide bonds. The van der Waals surface area contributed by atoms with Crippen LogP contribution in [0.4, 0.5) is 0 Å².